The number of hydrogen-bond acceptors (Lipinski definition) is 1. The van der Waals surface area contributed by atoms with Gasteiger partial charge < -0.3 is 5.32 Å². The molecule has 17 heavy (non-hydrogen) atoms. The summed E-state index contributed by atoms with van der Waals surface area (Å²) in [6, 6.07) is 4.24. The Balaban J connectivity index is 2.76. The first kappa shape index (κ1) is 14.9. The van der Waals surface area contributed by atoms with Gasteiger partial charge in [-0.05, 0) is 53.6 Å². The molecule has 0 aromatic heterocycles. The van der Waals surface area contributed by atoms with Crippen LogP contribution >= 0.6 is 38.5 Å². The third-order valence-electron chi connectivity index (χ3n) is 2.63. The Labute approximate surface area is 123 Å². The molecule has 0 bridgehead atoms. The average Bonchev–Trinajstić information content (AvgIpc) is 2.27. The van der Waals surface area contributed by atoms with Crippen molar-refractivity contribution in [3.8, 4) is 0 Å². The van der Waals surface area contributed by atoms with Gasteiger partial charge in [-0.15, -0.1) is 0 Å². The van der Waals surface area contributed by atoms with E-state index in [0.29, 0.717) is 15.1 Å². The molecule has 0 aliphatic carbocycles. The number of benzene rings is 1. The molecular weight excluding hydrogens is 400 g/mol. The zero-order valence-electron chi connectivity index (χ0n) is 9.64. The van der Waals surface area contributed by atoms with Gasteiger partial charge in [-0.1, -0.05) is 22.9 Å². The first-order valence-electron chi connectivity index (χ1n) is 5.27. The molecule has 1 aromatic rings. The molecule has 1 amide bonds. The van der Waals surface area contributed by atoms with Gasteiger partial charge in [-0.3, -0.25) is 4.79 Å². The molecule has 0 aliphatic heterocycles. The lowest BCUT2D eigenvalue weighted by atomic mass is 10.1. The maximum atomic E-state index is 12.9. The minimum absolute atomic E-state index is 0.0720. The Kier molecular flexibility index (Phi) is 5.85. The van der Waals surface area contributed by atoms with Crippen molar-refractivity contribution in [1.82, 2.24) is 5.32 Å². The molecule has 0 fully saturated rings. The highest BCUT2D eigenvalue weighted by atomic mass is 127. The van der Waals surface area contributed by atoms with E-state index in [4.69, 9.17) is 0 Å². The van der Waals surface area contributed by atoms with Crippen LogP contribution < -0.4 is 5.32 Å². The number of rotatable bonds is 4. The molecule has 0 saturated heterocycles. The third-order valence-corrected chi connectivity index (χ3v) is 4.55. The summed E-state index contributed by atoms with van der Waals surface area (Å²) in [7, 11) is 0. The lowest BCUT2D eigenvalue weighted by Crippen LogP contribution is -2.38. The zero-order chi connectivity index (χ0) is 13.0. The SMILES string of the molecule is CC(CBr)C(C)NC(=O)c1ccc(F)cc1I. The fourth-order valence-electron chi connectivity index (χ4n) is 1.23. The molecule has 0 heterocycles. The summed E-state index contributed by atoms with van der Waals surface area (Å²) in [6.07, 6.45) is 0. The van der Waals surface area contributed by atoms with Crippen LogP contribution in [0.3, 0.4) is 0 Å². The Morgan fingerprint density at radius 2 is 2.18 bits per heavy atom. The highest BCUT2D eigenvalue weighted by Gasteiger charge is 2.16. The van der Waals surface area contributed by atoms with Crippen molar-refractivity contribution in [2.45, 2.75) is 19.9 Å². The number of alkyl halides is 1. The summed E-state index contributed by atoms with van der Waals surface area (Å²) in [5, 5.41) is 3.74. The van der Waals surface area contributed by atoms with Crippen LogP contribution in [-0.4, -0.2) is 17.3 Å². The van der Waals surface area contributed by atoms with Crippen LogP contribution in [0.25, 0.3) is 0 Å². The van der Waals surface area contributed by atoms with Crippen LogP contribution in [0.4, 0.5) is 4.39 Å². The van der Waals surface area contributed by atoms with Crippen molar-refractivity contribution in [3.63, 3.8) is 0 Å². The van der Waals surface area contributed by atoms with E-state index in [2.05, 4.69) is 28.2 Å². The number of carbonyl (C=O) groups excluding carboxylic acids is 1. The molecule has 94 valence electrons. The van der Waals surface area contributed by atoms with E-state index in [1.807, 2.05) is 29.5 Å². The Morgan fingerprint density at radius 1 is 1.53 bits per heavy atom. The summed E-state index contributed by atoms with van der Waals surface area (Å²) >= 11 is 5.35. The number of carbonyl (C=O) groups is 1. The molecule has 2 atom stereocenters. The van der Waals surface area contributed by atoms with Crippen LogP contribution in [0.1, 0.15) is 24.2 Å². The molecular formula is C12H14BrFINO. The summed E-state index contributed by atoms with van der Waals surface area (Å²) in [6.45, 7) is 4.01. The van der Waals surface area contributed by atoms with E-state index in [1.54, 1.807) is 0 Å². The van der Waals surface area contributed by atoms with Crippen molar-refractivity contribution in [2.24, 2.45) is 5.92 Å². The molecule has 2 nitrogen and oxygen atoms in total. The van der Waals surface area contributed by atoms with Gasteiger partial charge in [0.05, 0.1) is 5.56 Å². The number of hydrogen-bond donors (Lipinski definition) is 1. The lowest BCUT2D eigenvalue weighted by molar-refractivity contribution is 0.0930. The Bertz CT molecular complexity index is 413. The van der Waals surface area contributed by atoms with E-state index < -0.39 is 0 Å². The smallest absolute Gasteiger partial charge is 0.252 e. The molecule has 0 spiro atoms. The number of amides is 1. The van der Waals surface area contributed by atoms with Gasteiger partial charge in [0.1, 0.15) is 5.82 Å². The van der Waals surface area contributed by atoms with Gasteiger partial charge in [0.15, 0.2) is 0 Å². The van der Waals surface area contributed by atoms with Gasteiger partial charge in [-0.2, -0.15) is 0 Å². The van der Waals surface area contributed by atoms with Gasteiger partial charge in [-0.25, -0.2) is 4.39 Å². The summed E-state index contributed by atoms with van der Waals surface area (Å²) < 4.78 is 13.5. The first-order chi connectivity index (χ1) is 7.95. The van der Waals surface area contributed by atoms with E-state index >= 15 is 0 Å². The molecule has 5 heteroatoms. The van der Waals surface area contributed by atoms with Gasteiger partial charge in [0.2, 0.25) is 0 Å². The second kappa shape index (κ2) is 6.68. The second-order valence-electron chi connectivity index (χ2n) is 4.02. The van der Waals surface area contributed by atoms with Gasteiger partial charge >= 0.3 is 0 Å². The highest BCUT2D eigenvalue weighted by Crippen LogP contribution is 2.15. The quantitative estimate of drug-likeness (QED) is 0.593. The molecule has 1 N–H and O–H groups in total. The Morgan fingerprint density at radius 3 is 2.71 bits per heavy atom. The normalized spacial score (nSPS) is 14.2. The summed E-state index contributed by atoms with van der Waals surface area (Å²) in [5.74, 6) is -0.139. The van der Waals surface area contributed by atoms with E-state index in [-0.39, 0.29) is 17.8 Å². The largest absolute Gasteiger partial charge is 0.349 e. The third kappa shape index (κ3) is 4.21. The van der Waals surface area contributed by atoms with E-state index in [9.17, 15) is 9.18 Å². The van der Waals surface area contributed by atoms with Crippen molar-refractivity contribution in [3.05, 3.63) is 33.1 Å². The van der Waals surface area contributed by atoms with E-state index in [0.717, 1.165) is 5.33 Å². The van der Waals surface area contributed by atoms with Crippen LogP contribution in [0.15, 0.2) is 18.2 Å². The van der Waals surface area contributed by atoms with Gasteiger partial charge in [0, 0.05) is 14.9 Å². The lowest BCUT2D eigenvalue weighted by Gasteiger charge is -2.19. The number of halogens is 3. The topological polar surface area (TPSA) is 29.1 Å². The van der Waals surface area contributed by atoms with Crippen LogP contribution in [0.5, 0.6) is 0 Å². The first-order valence-corrected chi connectivity index (χ1v) is 7.47. The maximum absolute atomic E-state index is 12.9. The van der Waals surface area contributed by atoms with Crippen LogP contribution in [-0.2, 0) is 0 Å². The standard InChI is InChI=1S/C12H14BrFINO/c1-7(6-13)8(2)16-12(17)10-4-3-9(14)5-11(10)15/h3-5,7-8H,6H2,1-2H3,(H,16,17). The van der Waals surface area contributed by atoms with Crippen molar-refractivity contribution in [2.75, 3.05) is 5.33 Å². The highest BCUT2D eigenvalue weighted by molar-refractivity contribution is 14.1. The fraction of sp³-hybridized carbons (Fsp3) is 0.417. The van der Waals surface area contributed by atoms with Crippen molar-refractivity contribution >= 4 is 44.4 Å². The summed E-state index contributed by atoms with van der Waals surface area (Å²) in [5.41, 5.74) is 0.514. The van der Waals surface area contributed by atoms with E-state index in [1.165, 1.54) is 18.2 Å². The molecule has 0 saturated carbocycles. The maximum Gasteiger partial charge on any atom is 0.252 e. The molecule has 0 aliphatic rings. The monoisotopic (exact) mass is 413 g/mol. The van der Waals surface area contributed by atoms with Crippen LogP contribution in [0.2, 0.25) is 0 Å². The molecule has 1 rings (SSSR count). The predicted molar refractivity (Wildman–Crippen MR) is 79.0 cm³/mol. The summed E-state index contributed by atoms with van der Waals surface area (Å²) in [4.78, 5) is 12.0. The van der Waals surface area contributed by atoms with Gasteiger partial charge in [0.25, 0.3) is 5.91 Å². The fourth-order valence-corrected chi connectivity index (χ4v) is 2.52. The van der Waals surface area contributed by atoms with Crippen molar-refractivity contribution in [1.29, 1.82) is 0 Å². The predicted octanol–water partition coefficient (Wildman–Crippen LogP) is 3.58. The number of nitrogens with one attached hydrogen (secondary N) is 1. The van der Waals surface area contributed by atoms with Crippen LogP contribution in [0, 0.1) is 15.3 Å². The second-order valence-corrected chi connectivity index (χ2v) is 5.83. The minimum atomic E-state index is -0.326. The van der Waals surface area contributed by atoms with Crippen molar-refractivity contribution < 1.29 is 9.18 Å². The molecule has 0 radical (unpaired) electrons. The molecule has 1 aromatic carbocycles. The minimum Gasteiger partial charge on any atom is -0.349 e. The molecule has 2 unspecified atom stereocenters. The zero-order valence-corrected chi connectivity index (χ0v) is 13.4. The average molecular weight is 414 g/mol. The Hall–Kier alpha value is -0.170.